The van der Waals surface area contributed by atoms with Gasteiger partial charge >= 0.3 is 0 Å². The van der Waals surface area contributed by atoms with Crippen molar-refractivity contribution in [3.8, 4) is 5.75 Å². The highest BCUT2D eigenvalue weighted by Crippen LogP contribution is 2.53. The Balaban J connectivity index is 1.85. The van der Waals surface area contributed by atoms with E-state index in [0.29, 0.717) is 24.3 Å². The van der Waals surface area contributed by atoms with Crippen molar-refractivity contribution in [2.45, 2.75) is 30.6 Å². The zero-order valence-electron chi connectivity index (χ0n) is 21.4. The Labute approximate surface area is 219 Å². The van der Waals surface area contributed by atoms with Gasteiger partial charge in [0.2, 0.25) is 5.78 Å². The molecule has 38 heavy (non-hydrogen) atoms. The second-order valence-electron chi connectivity index (χ2n) is 10.2. The fraction of sp³-hybridized carbons (Fsp3) is 0.500. The van der Waals surface area contributed by atoms with E-state index in [9.17, 15) is 39.9 Å². The number of fused-ring (bicyclic) bond motifs is 3. The van der Waals surface area contributed by atoms with Crippen molar-refractivity contribution in [3.63, 3.8) is 0 Å². The summed E-state index contributed by atoms with van der Waals surface area (Å²) in [5.41, 5.74) is 2.34. The summed E-state index contributed by atoms with van der Waals surface area (Å²) in [7, 11) is 4.63. The SMILES string of the molecule is COCCNCC(O)c1ccc(O)c2c1C[C@H]1C[C@H]3[C@H](N(C)C)C(=O)C(C(N)=O)=C(O)[C@@]3(O)C(=O)C1=C2O. The molecule has 1 saturated carbocycles. The van der Waals surface area contributed by atoms with Crippen molar-refractivity contribution in [2.24, 2.45) is 17.6 Å². The van der Waals surface area contributed by atoms with Crippen LogP contribution in [0.1, 0.15) is 29.2 Å². The number of Topliss-reactive ketones (excluding diaryl/α,β-unsaturated/α-hetero) is 2. The second kappa shape index (κ2) is 10.1. The first-order chi connectivity index (χ1) is 17.9. The molecular formula is C26H33N3O9. The Kier molecular flexibility index (Phi) is 7.38. The molecule has 12 nitrogen and oxygen atoms in total. The standard InChI is InChI=1S/C26H33N3O9/c1-29(2)20-14-9-11-8-13-12(16(31)10-28-6-7-38-3)4-5-15(30)18(13)21(32)17(11)23(34)26(14,37)24(35)19(22(20)33)25(27)36/h4-5,11,14,16,20,28,30-32,35,37H,6-10H2,1-3H3,(H2,27,36)/t11-,14-,16?,20-,26-/m0/s1. The van der Waals surface area contributed by atoms with Gasteiger partial charge in [-0.05, 0) is 50.0 Å². The molecule has 0 bridgehead atoms. The first-order valence-corrected chi connectivity index (χ1v) is 12.2. The van der Waals surface area contributed by atoms with Gasteiger partial charge in [0.25, 0.3) is 5.91 Å². The van der Waals surface area contributed by atoms with Gasteiger partial charge in [-0.25, -0.2) is 0 Å². The highest BCUT2D eigenvalue weighted by molar-refractivity contribution is 6.24. The largest absolute Gasteiger partial charge is 0.508 e. The highest BCUT2D eigenvalue weighted by Gasteiger charge is 2.64. The van der Waals surface area contributed by atoms with Gasteiger partial charge < -0.3 is 41.3 Å². The van der Waals surface area contributed by atoms with Gasteiger partial charge in [-0.3, -0.25) is 19.3 Å². The summed E-state index contributed by atoms with van der Waals surface area (Å²) in [6, 6.07) is 1.67. The molecule has 3 aliphatic carbocycles. The molecule has 0 aromatic heterocycles. The van der Waals surface area contributed by atoms with E-state index in [-0.39, 0.29) is 36.3 Å². The molecule has 206 valence electrons. The lowest BCUT2D eigenvalue weighted by Crippen LogP contribution is -2.65. The van der Waals surface area contributed by atoms with Gasteiger partial charge in [-0.15, -0.1) is 0 Å². The number of carbonyl (C=O) groups excluding carboxylic acids is 3. The van der Waals surface area contributed by atoms with Crippen molar-refractivity contribution >= 4 is 23.2 Å². The van der Waals surface area contributed by atoms with Gasteiger partial charge in [0.15, 0.2) is 11.4 Å². The molecule has 12 heteroatoms. The van der Waals surface area contributed by atoms with Crippen molar-refractivity contribution in [1.82, 2.24) is 10.2 Å². The summed E-state index contributed by atoms with van der Waals surface area (Å²) in [5, 5.41) is 58.3. The van der Waals surface area contributed by atoms with E-state index in [1.807, 2.05) is 0 Å². The van der Waals surface area contributed by atoms with Gasteiger partial charge in [0.1, 0.15) is 22.8 Å². The van der Waals surface area contributed by atoms with E-state index in [4.69, 9.17) is 10.5 Å². The number of aliphatic hydroxyl groups is 4. The quantitative estimate of drug-likeness (QED) is 0.164. The number of nitrogens with two attached hydrogens (primary N) is 1. The molecular weight excluding hydrogens is 498 g/mol. The third kappa shape index (κ3) is 4.09. The van der Waals surface area contributed by atoms with Crippen LogP contribution >= 0.6 is 0 Å². The molecule has 3 aliphatic rings. The molecule has 1 amide bonds. The van der Waals surface area contributed by atoms with Crippen LogP contribution in [0.4, 0.5) is 0 Å². The predicted molar refractivity (Wildman–Crippen MR) is 134 cm³/mol. The van der Waals surface area contributed by atoms with Crippen molar-refractivity contribution in [1.29, 1.82) is 0 Å². The number of likely N-dealkylation sites (N-methyl/N-ethyl adjacent to an activating group) is 1. The Morgan fingerprint density at radius 2 is 1.95 bits per heavy atom. The van der Waals surface area contributed by atoms with Crippen LogP contribution in [0.15, 0.2) is 29.0 Å². The number of hydrogen-bond donors (Lipinski definition) is 7. The van der Waals surface area contributed by atoms with Crippen LogP contribution in [-0.2, 0) is 25.5 Å². The maximum Gasteiger partial charge on any atom is 0.255 e. The molecule has 0 heterocycles. The summed E-state index contributed by atoms with van der Waals surface area (Å²) in [6.07, 6.45) is -0.932. The molecule has 1 unspecified atom stereocenters. The third-order valence-corrected chi connectivity index (χ3v) is 7.82. The van der Waals surface area contributed by atoms with Crippen LogP contribution in [-0.4, -0.2) is 100 Å². The monoisotopic (exact) mass is 531 g/mol. The average molecular weight is 532 g/mol. The molecule has 1 fully saturated rings. The topological polar surface area (TPSA) is 203 Å². The molecule has 5 atom stereocenters. The molecule has 0 saturated heterocycles. The molecule has 4 rings (SSSR count). The predicted octanol–water partition coefficient (Wildman–Crippen LogP) is -0.767. The number of benzene rings is 1. The lowest BCUT2D eigenvalue weighted by molar-refractivity contribution is -0.153. The maximum absolute atomic E-state index is 13.8. The number of ketones is 2. The van der Waals surface area contributed by atoms with E-state index < -0.39 is 64.1 Å². The Hall–Kier alpha value is -3.29. The number of methoxy groups -OCH3 is 1. The Bertz CT molecular complexity index is 1250. The number of aromatic hydroxyl groups is 1. The molecule has 0 spiro atoms. The van der Waals surface area contributed by atoms with E-state index in [1.54, 1.807) is 7.11 Å². The molecule has 1 aromatic carbocycles. The minimum atomic E-state index is -2.69. The smallest absolute Gasteiger partial charge is 0.255 e. The minimum Gasteiger partial charge on any atom is -0.508 e. The van der Waals surface area contributed by atoms with Crippen molar-refractivity contribution < 1.29 is 44.7 Å². The fourth-order valence-corrected chi connectivity index (χ4v) is 6.10. The molecule has 0 aliphatic heterocycles. The number of amides is 1. The van der Waals surface area contributed by atoms with Crippen LogP contribution in [0.25, 0.3) is 5.76 Å². The summed E-state index contributed by atoms with van der Waals surface area (Å²) in [6.45, 7) is 1.09. The zero-order chi connectivity index (χ0) is 28.1. The van der Waals surface area contributed by atoms with Gasteiger partial charge in [-0.2, -0.15) is 0 Å². The van der Waals surface area contributed by atoms with Crippen LogP contribution in [0.2, 0.25) is 0 Å². The van der Waals surface area contributed by atoms with E-state index in [1.165, 1.54) is 31.1 Å². The molecule has 0 radical (unpaired) electrons. The maximum atomic E-state index is 13.8. The normalized spacial score (nSPS) is 27.8. The van der Waals surface area contributed by atoms with Crippen LogP contribution in [0.5, 0.6) is 5.75 Å². The number of ether oxygens (including phenoxy) is 1. The summed E-state index contributed by atoms with van der Waals surface area (Å²) >= 11 is 0. The summed E-state index contributed by atoms with van der Waals surface area (Å²) in [4.78, 5) is 40.5. The Morgan fingerprint density at radius 3 is 2.55 bits per heavy atom. The number of phenols is 1. The number of phenolic OH excluding ortho intramolecular Hbond substituents is 1. The first kappa shape index (κ1) is 27.7. The number of rotatable bonds is 8. The van der Waals surface area contributed by atoms with E-state index in [0.717, 1.165) is 0 Å². The lowest BCUT2D eigenvalue weighted by Gasteiger charge is -2.50. The zero-order valence-corrected chi connectivity index (χ0v) is 21.4. The second-order valence-corrected chi connectivity index (χ2v) is 10.2. The highest BCUT2D eigenvalue weighted by atomic mass is 16.5. The fourth-order valence-electron chi connectivity index (χ4n) is 6.10. The van der Waals surface area contributed by atoms with Gasteiger partial charge in [0, 0.05) is 31.7 Å². The van der Waals surface area contributed by atoms with E-state index >= 15 is 0 Å². The van der Waals surface area contributed by atoms with Gasteiger partial charge in [0.05, 0.1) is 24.3 Å². The number of nitrogens with one attached hydrogen (secondary N) is 1. The van der Waals surface area contributed by atoms with Crippen LogP contribution in [0, 0.1) is 11.8 Å². The van der Waals surface area contributed by atoms with Gasteiger partial charge in [-0.1, -0.05) is 6.07 Å². The van der Waals surface area contributed by atoms with Crippen LogP contribution in [0.3, 0.4) is 0 Å². The van der Waals surface area contributed by atoms with Crippen molar-refractivity contribution in [2.75, 3.05) is 40.9 Å². The van der Waals surface area contributed by atoms with Crippen molar-refractivity contribution in [3.05, 3.63) is 45.7 Å². The van der Waals surface area contributed by atoms with Crippen LogP contribution < -0.4 is 11.1 Å². The number of nitrogens with zero attached hydrogens (tertiary/aromatic N) is 1. The molecule has 8 N–H and O–H groups in total. The summed E-state index contributed by atoms with van der Waals surface area (Å²) < 4.78 is 4.99. The number of hydrogen-bond acceptors (Lipinski definition) is 11. The minimum absolute atomic E-state index is 0.0248. The number of aliphatic hydroxyl groups excluding tert-OH is 3. The number of primary amides is 1. The molecule has 1 aromatic rings. The lowest BCUT2D eigenvalue weighted by atomic mass is 9.57. The third-order valence-electron chi connectivity index (χ3n) is 7.82. The number of carbonyl (C=O) groups is 3. The Morgan fingerprint density at radius 1 is 1.26 bits per heavy atom. The average Bonchev–Trinajstić information content (AvgIpc) is 2.83. The first-order valence-electron chi connectivity index (χ1n) is 12.2. The summed E-state index contributed by atoms with van der Waals surface area (Å²) in [5.74, 6) is -7.13. The van der Waals surface area contributed by atoms with E-state index in [2.05, 4.69) is 5.32 Å².